The van der Waals surface area contributed by atoms with Crippen LogP contribution >= 0.6 is 27.5 Å². The number of guanidine groups is 1. The number of hydrogen-bond acceptors (Lipinski definition) is 3. The highest BCUT2D eigenvalue weighted by molar-refractivity contribution is 9.10. The maximum Gasteiger partial charge on any atom is 0.226 e. The van der Waals surface area contributed by atoms with Gasteiger partial charge in [-0.2, -0.15) is 0 Å². The van der Waals surface area contributed by atoms with E-state index in [0.717, 1.165) is 15.7 Å². The van der Waals surface area contributed by atoms with E-state index in [1.54, 1.807) is 25.3 Å². The van der Waals surface area contributed by atoms with Crippen LogP contribution in [0.5, 0.6) is 5.75 Å². The number of carbonyl (C=O) groups is 1. The van der Waals surface area contributed by atoms with Crippen LogP contribution in [0.4, 0.5) is 11.4 Å². The zero-order valence-electron chi connectivity index (χ0n) is 14.5. The summed E-state index contributed by atoms with van der Waals surface area (Å²) in [5.41, 5.74) is 8.28. The molecule has 6 nitrogen and oxygen atoms in total. The molecule has 0 heterocycles. The van der Waals surface area contributed by atoms with E-state index in [4.69, 9.17) is 22.1 Å². The third kappa shape index (κ3) is 5.93. The van der Waals surface area contributed by atoms with E-state index in [-0.39, 0.29) is 24.8 Å². The lowest BCUT2D eigenvalue weighted by Crippen LogP contribution is -2.23. The van der Waals surface area contributed by atoms with Crippen LogP contribution in [0.3, 0.4) is 0 Å². The van der Waals surface area contributed by atoms with Gasteiger partial charge in [-0.3, -0.25) is 9.79 Å². The number of nitrogens with two attached hydrogens (primary N) is 1. The monoisotopic (exact) mass is 438 g/mol. The number of hydrogen-bond donors (Lipinski definition) is 3. The number of carbonyl (C=O) groups excluding carboxylic acids is 1. The SMILES string of the molecule is COc1ccc(NC(N)=NCCC(=O)Nc2cc(Br)ccc2C)cc1Cl. The van der Waals surface area contributed by atoms with Gasteiger partial charge in [0.15, 0.2) is 5.96 Å². The Balaban J connectivity index is 1.86. The van der Waals surface area contributed by atoms with Gasteiger partial charge in [-0.15, -0.1) is 0 Å². The third-order valence-corrected chi connectivity index (χ3v) is 4.31. The van der Waals surface area contributed by atoms with E-state index in [2.05, 4.69) is 31.6 Å². The topological polar surface area (TPSA) is 88.7 Å². The smallest absolute Gasteiger partial charge is 0.226 e. The van der Waals surface area contributed by atoms with E-state index < -0.39 is 0 Å². The largest absolute Gasteiger partial charge is 0.495 e. The predicted octanol–water partition coefficient (Wildman–Crippen LogP) is 4.17. The fourth-order valence-electron chi connectivity index (χ4n) is 2.15. The molecule has 0 aromatic heterocycles. The molecule has 0 fully saturated rings. The van der Waals surface area contributed by atoms with Gasteiger partial charge in [0.2, 0.25) is 5.91 Å². The first kappa shape index (κ1) is 20.1. The second-order valence-corrected chi connectivity index (χ2v) is 6.82. The minimum atomic E-state index is -0.129. The number of aryl methyl sites for hydroxylation is 1. The highest BCUT2D eigenvalue weighted by atomic mass is 79.9. The Morgan fingerprint density at radius 1 is 1.27 bits per heavy atom. The van der Waals surface area contributed by atoms with Crippen LogP contribution in [0.15, 0.2) is 45.9 Å². The lowest BCUT2D eigenvalue weighted by molar-refractivity contribution is -0.116. The molecule has 0 radical (unpaired) electrons. The van der Waals surface area contributed by atoms with Gasteiger partial charge < -0.3 is 21.1 Å². The Bertz CT molecular complexity index is 827. The van der Waals surface area contributed by atoms with Crippen LogP contribution < -0.4 is 21.1 Å². The molecule has 26 heavy (non-hydrogen) atoms. The minimum Gasteiger partial charge on any atom is -0.495 e. The van der Waals surface area contributed by atoms with Gasteiger partial charge >= 0.3 is 0 Å². The molecule has 8 heteroatoms. The van der Waals surface area contributed by atoms with Crippen LogP contribution in [0.1, 0.15) is 12.0 Å². The minimum absolute atomic E-state index is 0.129. The van der Waals surface area contributed by atoms with E-state index in [0.29, 0.717) is 16.5 Å². The lowest BCUT2D eigenvalue weighted by atomic mass is 10.2. The fraction of sp³-hybridized carbons (Fsp3) is 0.222. The fourth-order valence-corrected chi connectivity index (χ4v) is 2.77. The molecular formula is C18H20BrClN4O2. The first-order chi connectivity index (χ1) is 12.4. The number of rotatable bonds is 6. The van der Waals surface area contributed by atoms with E-state index >= 15 is 0 Å². The summed E-state index contributed by atoms with van der Waals surface area (Å²) in [6.45, 7) is 2.20. The van der Waals surface area contributed by atoms with Gasteiger partial charge in [-0.05, 0) is 42.8 Å². The summed E-state index contributed by atoms with van der Waals surface area (Å²) in [4.78, 5) is 16.2. The average Bonchev–Trinajstić information content (AvgIpc) is 2.58. The van der Waals surface area contributed by atoms with Crippen molar-refractivity contribution >= 4 is 50.8 Å². The van der Waals surface area contributed by atoms with Crippen LogP contribution in [0, 0.1) is 6.92 Å². The summed E-state index contributed by atoms with van der Waals surface area (Å²) in [5, 5.41) is 6.25. The molecule has 0 aliphatic rings. The van der Waals surface area contributed by atoms with E-state index in [1.165, 1.54) is 0 Å². The Morgan fingerprint density at radius 3 is 2.73 bits per heavy atom. The summed E-state index contributed by atoms with van der Waals surface area (Å²) in [6, 6.07) is 10.9. The number of ether oxygens (including phenoxy) is 1. The Hall–Kier alpha value is -2.25. The maximum atomic E-state index is 12.0. The van der Waals surface area contributed by atoms with Gasteiger partial charge in [0, 0.05) is 22.3 Å². The Morgan fingerprint density at radius 2 is 2.04 bits per heavy atom. The first-order valence-corrected chi connectivity index (χ1v) is 9.02. The number of aliphatic imine (C=N–C) groups is 1. The predicted molar refractivity (Wildman–Crippen MR) is 110 cm³/mol. The molecule has 0 aliphatic heterocycles. The molecule has 1 amide bonds. The molecule has 2 rings (SSSR count). The molecule has 0 aliphatic carbocycles. The van der Waals surface area contributed by atoms with Crippen LogP contribution in [0.25, 0.3) is 0 Å². The van der Waals surface area contributed by atoms with Crippen molar-refractivity contribution in [2.75, 3.05) is 24.3 Å². The molecule has 0 unspecified atom stereocenters. The molecule has 0 bridgehead atoms. The molecule has 0 saturated heterocycles. The van der Waals surface area contributed by atoms with Crippen LogP contribution in [-0.2, 0) is 4.79 Å². The number of benzene rings is 2. The zero-order valence-corrected chi connectivity index (χ0v) is 16.8. The number of anilines is 2. The van der Waals surface area contributed by atoms with Gasteiger partial charge in [0.1, 0.15) is 5.75 Å². The highest BCUT2D eigenvalue weighted by Gasteiger charge is 2.06. The summed E-state index contributed by atoms with van der Waals surface area (Å²) >= 11 is 9.45. The van der Waals surface area contributed by atoms with Crippen LogP contribution in [-0.4, -0.2) is 25.5 Å². The number of methoxy groups -OCH3 is 1. The maximum absolute atomic E-state index is 12.0. The second-order valence-electron chi connectivity index (χ2n) is 5.50. The van der Waals surface area contributed by atoms with Crippen molar-refractivity contribution in [2.45, 2.75) is 13.3 Å². The molecule has 2 aromatic carbocycles. The van der Waals surface area contributed by atoms with Gasteiger partial charge in [0.05, 0.1) is 18.7 Å². The van der Waals surface area contributed by atoms with E-state index in [1.807, 2.05) is 25.1 Å². The van der Waals surface area contributed by atoms with Gasteiger partial charge in [-0.25, -0.2) is 0 Å². The zero-order chi connectivity index (χ0) is 19.1. The summed E-state index contributed by atoms with van der Waals surface area (Å²) in [7, 11) is 1.55. The first-order valence-electron chi connectivity index (χ1n) is 7.85. The van der Waals surface area contributed by atoms with Crippen molar-refractivity contribution < 1.29 is 9.53 Å². The standard InChI is InChI=1S/C18H20BrClN4O2/c1-11-3-4-12(19)9-15(11)24-17(25)7-8-22-18(21)23-13-5-6-16(26-2)14(20)10-13/h3-6,9-10H,7-8H2,1-2H3,(H,24,25)(H3,21,22,23). The lowest BCUT2D eigenvalue weighted by Gasteiger charge is -2.09. The van der Waals surface area contributed by atoms with Crippen molar-refractivity contribution in [3.63, 3.8) is 0 Å². The quantitative estimate of drug-likeness (QED) is 0.465. The third-order valence-electron chi connectivity index (χ3n) is 3.52. The van der Waals surface area contributed by atoms with Crippen molar-refractivity contribution in [2.24, 2.45) is 10.7 Å². The van der Waals surface area contributed by atoms with E-state index in [9.17, 15) is 4.79 Å². The van der Waals surface area contributed by atoms with Gasteiger partial charge in [-0.1, -0.05) is 33.6 Å². The summed E-state index contributed by atoms with van der Waals surface area (Å²) in [5.74, 6) is 0.653. The summed E-state index contributed by atoms with van der Waals surface area (Å²) in [6.07, 6.45) is 0.220. The summed E-state index contributed by atoms with van der Waals surface area (Å²) < 4.78 is 6.00. The average molecular weight is 440 g/mol. The van der Waals surface area contributed by atoms with Crippen molar-refractivity contribution in [1.82, 2.24) is 0 Å². The van der Waals surface area contributed by atoms with Crippen LogP contribution in [0.2, 0.25) is 5.02 Å². The molecule has 138 valence electrons. The second kappa shape index (κ2) is 9.45. The number of nitrogens with zero attached hydrogens (tertiary/aromatic N) is 1. The normalized spacial score (nSPS) is 11.2. The van der Waals surface area contributed by atoms with Crippen molar-refractivity contribution in [1.29, 1.82) is 0 Å². The molecule has 0 atom stereocenters. The van der Waals surface area contributed by atoms with Crippen molar-refractivity contribution in [3.05, 3.63) is 51.5 Å². The molecule has 0 spiro atoms. The van der Waals surface area contributed by atoms with Crippen molar-refractivity contribution in [3.8, 4) is 5.75 Å². The molecule has 4 N–H and O–H groups in total. The molecule has 2 aromatic rings. The molecule has 0 saturated carbocycles. The number of amides is 1. The number of halogens is 2. The Labute approximate surface area is 165 Å². The highest BCUT2D eigenvalue weighted by Crippen LogP contribution is 2.27. The Kier molecular flexibility index (Phi) is 7.29. The number of nitrogens with one attached hydrogen (secondary N) is 2. The molecular weight excluding hydrogens is 420 g/mol. The van der Waals surface area contributed by atoms with Gasteiger partial charge in [0.25, 0.3) is 0 Å².